The van der Waals surface area contributed by atoms with Crippen LogP contribution in [0.3, 0.4) is 0 Å². The van der Waals surface area contributed by atoms with Crippen LogP contribution in [-0.4, -0.2) is 88.5 Å². The Morgan fingerprint density at radius 2 is 1.32 bits per heavy atom. The third-order valence-corrected chi connectivity index (χ3v) is 9.70. The van der Waals surface area contributed by atoms with Crippen LogP contribution in [0.15, 0.2) is 85.1 Å². The molecule has 2 N–H and O–H groups in total. The molecule has 0 radical (unpaired) electrons. The van der Waals surface area contributed by atoms with E-state index >= 15 is 0 Å². The molecular formula is C48H61F3N4O7. The zero-order valence-corrected chi connectivity index (χ0v) is 36.6. The van der Waals surface area contributed by atoms with Gasteiger partial charge in [-0.1, -0.05) is 45.0 Å². The van der Waals surface area contributed by atoms with E-state index in [-0.39, 0.29) is 29.2 Å². The van der Waals surface area contributed by atoms with Crippen LogP contribution in [0.2, 0.25) is 0 Å². The molecule has 0 aliphatic heterocycles. The van der Waals surface area contributed by atoms with Crippen LogP contribution in [-0.2, 0) is 42.9 Å². The first kappa shape index (κ1) is 49.5. The average molecular weight is 863 g/mol. The molecule has 0 bridgehead atoms. The molecule has 0 aliphatic rings. The number of Topliss-reactive ketones (excluding diaryl/α,β-unsaturated/α-hetero) is 1. The SMILES string of the molecule is CCN(CC)c1ccc(NC(=O)c2cccc(CCCOCCOCCOCCOCCC(=O)CC(C)(C)C)c2)c(-c2cc(C(=O)NCc3cccc(C(F)(F)F)c3)ccn2)c1. The number of hydrogen-bond donors (Lipinski definition) is 2. The van der Waals surface area contributed by atoms with E-state index in [0.717, 1.165) is 42.9 Å². The summed E-state index contributed by atoms with van der Waals surface area (Å²) in [7, 11) is 0. The Labute approximate surface area is 363 Å². The van der Waals surface area contributed by atoms with E-state index in [9.17, 15) is 27.6 Å². The Bertz CT molecular complexity index is 2030. The summed E-state index contributed by atoms with van der Waals surface area (Å²) in [6, 6.07) is 21.0. The Hall–Kier alpha value is -5.15. The second-order valence-corrected chi connectivity index (χ2v) is 15.9. The van der Waals surface area contributed by atoms with Gasteiger partial charge in [0.2, 0.25) is 0 Å². The molecule has 0 atom stereocenters. The van der Waals surface area contributed by atoms with Gasteiger partial charge in [0.05, 0.1) is 63.2 Å². The first-order valence-electron chi connectivity index (χ1n) is 21.2. The summed E-state index contributed by atoms with van der Waals surface area (Å²) in [5.74, 6) is -0.585. The summed E-state index contributed by atoms with van der Waals surface area (Å²) in [4.78, 5) is 45.5. The number of aryl methyl sites for hydroxylation is 1. The normalized spacial score (nSPS) is 11.7. The van der Waals surface area contributed by atoms with Gasteiger partial charge in [-0.2, -0.15) is 13.2 Å². The quantitative estimate of drug-likeness (QED) is 0.0594. The lowest BCUT2D eigenvalue weighted by Crippen LogP contribution is -2.23. The van der Waals surface area contributed by atoms with Gasteiger partial charge in [0.25, 0.3) is 11.8 Å². The number of pyridine rings is 1. The number of ketones is 1. The lowest BCUT2D eigenvalue weighted by molar-refractivity contribution is -0.137. The van der Waals surface area contributed by atoms with E-state index in [2.05, 4.69) is 20.5 Å². The highest BCUT2D eigenvalue weighted by Crippen LogP contribution is 2.33. The number of rotatable bonds is 26. The van der Waals surface area contributed by atoms with Crippen LogP contribution < -0.4 is 15.5 Å². The third kappa shape index (κ3) is 17.3. The highest BCUT2D eigenvalue weighted by atomic mass is 19.4. The molecule has 4 aromatic rings. The minimum atomic E-state index is -4.49. The lowest BCUT2D eigenvalue weighted by atomic mass is 9.89. The Kier molecular flexibility index (Phi) is 20.0. The number of benzene rings is 3. The van der Waals surface area contributed by atoms with Crippen molar-refractivity contribution in [3.8, 4) is 11.3 Å². The third-order valence-electron chi connectivity index (χ3n) is 9.70. The molecule has 336 valence electrons. The zero-order chi connectivity index (χ0) is 45.0. The molecule has 1 heterocycles. The summed E-state index contributed by atoms with van der Waals surface area (Å²) >= 11 is 0. The maximum Gasteiger partial charge on any atom is 0.416 e. The number of halogens is 3. The van der Waals surface area contributed by atoms with Crippen molar-refractivity contribution in [2.24, 2.45) is 5.41 Å². The van der Waals surface area contributed by atoms with Crippen molar-refractivity contribution in [3.05, 3.63) is 113 Å². The predicted octanol–water partition coefficient (Wildman–Crippen LogP) is 9.19. The maximum absolute atomic E-state index is 13.7. The van der Waals surface area contributed by atoms with E-state index in [1.165, 1.54) is 24.4 Å². The zero-order valence-electron chi connectivity index (χ0n) is 36.6. The number of anilines is 2. The van der Waals surface area contributed by atoms with E-state index in [0.29, 0.717) is 100 Å². The molecule has 62 heavy (non-hydrogen) atoms. The van der Waals surface area contributed by atoms with E-state index < -0.39 is 17.6 Å². The number of ether oxygens (including phenoxy) is 4. The molecule has 0 saturated carbocycles. The van der Waals surface area contributed by atoms with Gasteiger partial charge >= 0.3 is 6.18 Å². The second-order valence-electron chi connectivity index (χ2n) is 15.9. The van der Waals surface area contributed by atoms with Crippen LogP contribution in [0, 0.1) is 5.41 Å². The Morgan fingerprint density at radius 3 is 1.98 bits per heavy atom. The van der Waals surface area contributed by atoms with Gasteiger partial charge in [0, 0.05) is 67.7 Å². The summed E-state index contributed by atoms with van der Waals surface area (Å²) < 4.78 is 62.0. The molecule has 14 heteroatoms. The molecule has 0 unspecified atom stereocenters. The molecule has 4 rings (SSSR count). The van der Waals surface area contributed by atoms with Crippen molar-refractivity contribution in [1.82, 2.24) is 10.3 Å². The smallest absolute Gasteiger partial charge is 0.379 e. The van der Waals surface area contributed by atoms with Crippen molar-refractivity contribution in [1.29, 1.82) is 0 Å². The molecule has 1 aromatic heterocycles. The predicted molar refractivity (Wildman–Crippen MR) is 236 cm³/mol. The van der Waals surface area contributed by atoms with Gasteiger partial charge in [-0.05, 0) is 97.8 Å². The maximum atomic E-state index is 13.7. The average Bonchev–Trinajstić information content (AvgIpc) is 3.24. The number of nitrogens with one attached hydrogen (secondary N) is 2. The Morgan fingerprint density at radius 1 is 0.694 bits per heavy atom. The Balaban J connectivity index is 1.24. The fourth-order valence-electron chi connectivity index (χ4n) is 6.57. The largest absolute Gasteiger partial charge is 0.416 e. The monoisotopic (exact) mass is 862 g/mol. The molecule has 0 fully saturated rings. The number of carbonyl (C=O) groups excluding carboxylic acids is 3. The van der Waals surface area contributed by atoms with Gasteiger partial charge in [-0.3, -0.25) is 19.4 Å². The van der Waals surface area contributed by atoms with E-state index in [1.54, 1.807) is 12.1 Å². The van der Waals surface area contributed by atoms with Crippen LogP contribution in [0.5, 0.6) is 0 Å². The minimum Gasteiger partial charge on any atom is -0.379 e. The number of aromatic nitrogens is 1. The van der Waals surface area contributed by atoms with Crippen molar-refractivity contribution in [2.45, 2.75) is 73.0 Å². The topological polar surface area (TPSA) is 128 Å². The van der Waals surface area contributed by atoms with Crippen LogP contribution in [0.4, 0.5) is 24.5 Å². The van der Waals surface area contributed by atoms with Crippen LogP contribution in [0.1, 0.15) is 91.3 Å². The van der Waals surface area contributed by atoms with Gasteiger partial charge < -0.3 is 34.5 Å². The summed E-state index contributed by atoms with van der Waals surface area (Å²) in [6.07, 6.45) is -0.572. The van der Waals surface area contributed by atoms with Gasteiger partial charge in [0.15, 0.2) is 0 Å². The number of nitrogens with zero attached hydrogens (tertiary/aromatic N) is 2. The molecular weight excluding hydrogens is 802 g/mol. The first-order valence-corrected chi connectivity index (χ1v) is 21.2. The second kappa shape index (κ2) is 25.1. The summed E-state index contributed by atoms with van der Waals surface area (Å²) in [6.45, 7) is 15.2. The van der Waals surface area contributed by atoms with E-state index in [4.69, 9.17) is 18.9 Å². The highest BCUT2D eigenvalue weighted by Gasteiger charge is 2.30. The van der Waals surface area contributed by atoms with Crippen molar-refractivity contribution >= 4 is 29.0 Å². The van der Waals surface area contributed by atoms with Gasteiger partial charge in [-0.15, -0.1) is 0 Å². The van der Waals surface area contributed by atoms with Crippen molar-refractivity contribution in [2.75, 3.05) is 76.2 Å². The van der Waals surface area contributed by atoms with Crippen LogP contribution in [0.25, 0.3) is 11.3 Å². The number of alkyl halides is 3. The summed E-state index contributed by atoms with van der Waals surface area (Å²) in [5, 5.41) is 5.74. The fourth-order valence-corrected chi connectivity index (χ4v) is 6.57. The van der Waals surface area contributed by atoms with E-state index in [1.807, 2.05) is 71.0 Å². The number of amides is 2. The first-order chi connectivity index (χ1) is 29.7. The minimum absolute atomic E-state index is 0.00692. The molecule has 0 saturated heterocycles. The number of hydrogen-bond acceptors (Lipinski definition) is 9. The van der Waals surface area contributed by atoms with Crippen molar-refractivity contribution in [3.63, 3.8) is 0 Å². The molecule has 0 spiro atoms. The molecule has 11 nitrogen and oxygen atoms in total. The highest BCUT2D eigenvalue weighted by molar-refractivity contribution is 6.06. The van der Waals surface area contributed by atoms with Gasteiger partial charge in [-0.25, -0.2) is 0 Å². The van der Waals surface area contributed by atoms with Crippen LogP contribution >= 0.6 is 0 Å². The fraction of sp³-hybridized carbons (Fsp3) is 0.458. The lowest BCUT2D eigenvalue weighted by Gasteiger charge is -2.23. The van der Waals surface area contributed by atoms with Crippen molar-refractivity contribution < 1.29 is 46.5 Å². The molecule has 0 aliphatic carbocycles. The standard InChI is InChI=1S/C48H61F3N4O7/c1-6-55(7-2)40-16-17-43(42(32-40)44-31-38(18-20-52-44)45(57)53-34-36-12-9-15-39(30-36)48(49,50)51)54-46(58)37-14-8-11-35(29-37)13-10-21-59-23-25-61-27-28-62-26-24-60-22-19-41(56)33-47(3,4)5/h8-9,11-12,14-18,20,29-32H,6-7,10,13,19,21-28,33-34H2,1-5H3,(H,53,57)(H,54,58). The van der Waals surface area contributed by atoms with Gasteiger partial charge in [0.1, 0.15) is 5.78 Å². The number of carbonyl (C=O) groups is 3. The molecule has 2 amide bonds. The summed E-state index contributed by atoms with van der Waals surface area (Å²) in [5.41, 5.74) is 3.68. The molecule has 3 aromatic carbocycles.